The molecule has 6 nitrogen and oxygen atoms in total. The molecule has 1 amide bonds. The highest BCUT2D eigenvalue weighted by molar-refractivity contribution is 5.74. The Bertz CT molecular complexity index is 830. The molecule has 0 bridgehead atoms. The van der Waals surface area contributed by atoms with Crippen molar-refractivity contribution in [2.45, 2.75) is 45.9 Å². The van der Waals surface area contributed by atoms with Crippen LogP contribution in [0.4, 0.5) is 5.82 Å². The van der Waals surface area contributed by atoms with Gasteiger partial charge in [0.05, 0.1) is 24.4 Å². The van der Waals surface area contributed by atoms with Crippen LogP contribution in [0.3, 0.4) is 0 Å². The molecule has 3 heterocycles. The fourth-order valence-corrected chi connectivity index (χ4v) is 3.99. The number of nitrogens with zero attached hydrogens (tertiary/aromatic N) is 4. The highest BCUT2D eigenvalue weighted by Crippen LogP contribution is 2.31. The van der Waals surface area contributed by atoms with Crippen LogP contribution in [0.15, 0.2) is 30.3 Å². The van der Waals surface area contributed by atoms with E-state index in [1.54, 1.807) is 6.92 Å². The molecule has 1 fully saturated rings. The molecular weight excluding hydrogens is 340 g/mol. The summed E-state index contributed by atoms with van der Waals surface area (Å²) in [5.74, 6) is 1.81. The fourth-order valence-electron chi connectivity index (χ4n) is 3.99. The molecular formula is C21H26N4O2. The van der Waals surface area contributed by atoms with E-state index < -0.39 is 0 Å². The first-order valence-electron chi connectivity index (χ1n) is 9.62. The van der Waals surface area contributed by atoms with Gasteiger partial charge in [-0.1, -0.05) is 30.3 Å². The lowest BCUT2D eigenvalue weighted by Crippen LogP contribution is -2.47. The van der Waals surface area contributed by atoms with Crippen LogP contribution in [-0.2, 0) is 22.5 Å². The molecule has 2 aromatic rings. The summed E-state index contributed by atoms with van der Waals surface area (Å²) in [6.45, 7) is 8.69. The molecule has 0 spiro atoms. The fraction of sp³-hybridized carbons (Fsp3) is 0.476. The summed E-state index contributed by atoms with van der Waals surface area (Å²) in [6.07, 6.45) is 1.05. The Kier molecular flexibility index (Phi) is 4.83. The van der Waals surface area contributed by atoms with Gasteiger partial charge in [0.15, 0.2) is 5.82 Å². The lowest BCUT2D eigenvalue weighted by Gasteiger charge is -2.38. The van der Waals surface area contributed by atoms with Crippen molar-refractivity contribution in [3.05, 3.63) is 41.6 Å². The highest BCUT2D eigenvalue weighted by atomic mass is 16.5. The van der Waals surface area contributed by atoms with Crippen LogP contribution < -0.4 is 4.90 Å². The molecule has 27 heavy (non-hydrogen) atoms. The molecule has 0 unspecified atom stereocenters. The predicted molar refractivity (Wildman–Crippen MR) is 104 cm³/mol. The van der Waals surface area contributed by atoms with Gasteiger partial charge in [0.2, 0.25) is 5.91 Å². The number of morpholine rings is 1. The second-order valence-electron chi connectivity index (χ2n) is 7.51. The molecule has 1 aromatic carbocycles. The quantitative estimate of drug-likeness (QED) is 0.818. The summed E-state index contributed by atoms with van der Waals surface area (Å²) < 4.78 is 5.91. The average Bonchev–Trinajstić information content (AvgIpc) is 2.66. The Morgan fingerprint density at radius 3 is 2.48 bits per heavy atom. The molecule has 1 aromatic heterocycles. The molecule has 0 saturated carbocycles. The van der Waals surface area contributed by atoms with Crippen molar-refractivity contribution in [3.8, 4) is 11.4 Å². The summed E-state index contributed by atoms with van der Waals surface area (Å²) >= 11 is 0. The first-order chi connectivity index (χ1) is 13.0. The van der Waals surface area contributed by atoms with E-state index in [9.17, 15) is 4.79 Å². The first kappa shape index (κ1) is 17.9. The number of aromatic nitrogens is 2. The van der Waals surface area contributed by atoms with Crippen molar-refractivity contribution >= 4 is 11.7 Å². The minimum Gasteiger partial charge on any atom is -0.372 e. The zero-order valence-electron chi connectivity index (χ0n) is 16.2. The van der Waals surface area contributed by atoms with E-state index in [0.29, 0.717) is 13.1 Å². The maximum absolute atomic E-state index is 11.9. The number of hydrogen-bond donors (Lipinski definition) is 0. The standard InChI is InChI=1S/C21H26N4O2/c1-14-11-25(12-15(2)27-14)21-18-13-24(16(3)26)10-9-19(18)22-20(23-21)17-7-5-4-6-8-17/h4-8,14-15H,9-13H2,1-3H3/t14-,15+. The predicted octanol–water partition coefficient (Wildman–Crippen LogP) is 2.66. The Morgan fingerprint density at radius 1 is 1.11 bits per heavy atom. The smallest absolute Gasteiger partial charge is 0.219 e. The summed E-state index contributed by atoms with van der Waals surface area (Å²) in [5, 5.41) is 0. The third-order valence-electron chi connectivity index (χ3n) is 5.23. The number of hydrogen-bond acceptors (Lipinski definition) is 5. The minimum atomic E-state index is 0.0995. The normalized spacial score (nSPS) is 22.5. The molecule has 1 saturated heterocycles. The van der Waals surface area contributed by atoms with Gasteiger partial charge < -0.3 is 14.5 Å². The van der Waals surface area contributed by atoms with Gasteiger partial charge >= 0.3 is 0 Å². The van der Waals surface area contributed by atoms with Crippen LogP contribution in [0.5, 0.6) is 0 Å². The Labute approximate surface area is 160 Å². The molecule has 4 rings (SSSR count). The molecule has 6 heteroatoms. The number of carbonyl (C=O) groups is 1. The Balaban J connectivity index is 1.80. The Hall–Kier alpha value is -2.47. The number of fused-ring (bicyclic) bond motifs is 1. The monoisotopic (exact) mass is 366 g/mol. The van der Waals surface area contributed by atoms with Crippen LogP contribution in [0.2, 0.25) is 0 Å². The van der Waals surface area contributed by atoms with Gasteiger partial charge in [0, 0.05) is 44.1 Å². The van der Waals surface area contributed by atoms with E-state index in [4.69, 9.17) is 14.7 Å². The summed E-state index contributed by atoms with van der Waals surface area (Å²) in [6, 6.07) is 10.1. The van der Waals surface area contributed by atoms with Crippen molar-refractivity contribution in [2.24, 2.45) is 0 Å². The molecule has 2 atom stereocenters. The van der Waals surface area contributed by atoms with Crippen LogP contribution in [0.1, 0.15) is 32.0 Å². The van der Waals surface area contributed by atoms with E-state index in [2.05, 4.69) is 18.7 Å². The molecule has 0 radical (unpaired) electrons. The van der Waals surface area contributed by atoms with Gasteiger partial charge in [-0.05, 0) is 13.8 Å². The van der Waals surface area contributed by atoms with Crippen molar-refractivity contribution in [3.63, 3.8) is 0 Å². The van der Waals surface area contributed by atoms with E-state index in [-0.39, 0.29) is 18.1 Å². The molecule has 142 valence electrons. The maximum Gasteiger partial charge on any atom is 0.219 e. The second kappa shape index (κ2) is 7.27. The molecule has 0 N–H and O–H groups in total. The number of rotatable bonds is 2. The van der Waals surface area contributed by atoms with E-state index in [1.807, 2.05) is 35.2 Å². The third kappa shape index (κ3) is 3.67. The van der Waals surface area contributed by atoms with Gasteiger partial charge in [-0.15, -0.1) is 0 Å². The van der Waals surface area contributed by atoms with Crippen LogP contribution >= 0.6 is 0 Å². The zero-order chi connectivity index (χ0) is 19.0. The van der Waals surface area contributed by atoms with Crippen LogP contribution in [0.25, 0.3) is 11.4 Å². The molecule has 2 aliphatic heterocycles. The average molecular weight is 366 g/mol. The zero-order valence-corrected chi connectivity index (χ0v) is 16.2. The lowest BCUT2D eigenvalue weighted by atomic mass is 10.0. The second-order valence-corrected chi connectivity index (χ2v) is 7.51. The summed E-state index contributed by atoms with van der Waals surface area (Å²) in [4.78, 5) is 25.9. The number of carbonyl (C=O) groups excluding carboxylic acids is 1. The van der Waals surface area contributed by atoms with Crippen molar-refractivity contribution in [1.29, 1.82) is 0 Å². The largest absolute Gasteiger partial charge is 0.372 e. The van der Waals surface area contributed by atoms with Gasteiger partial charge in [0.1, 0.15) is 5.82 Å². The molecule has 0 aliphatic carbocycles. The van der Waals surface area contributed by atoms with Crippen molar-refractivity contribution < 1.29 is 9.53 Å². The number of amides is 1. The third-order valence-corrected chi connectivity index (χ3v) is 5.23. The van der Waals surface area contributed by atoms with Gasteiger partial charge in [0.25, 0.3) is 0 Å². The van der Waals surface area contributed by atoms with E-state index in [0.717, 1.165) is 48.0 Å². The highest BCUT2D eigenvalue weighted by Gasteiger charge is 2.30. The van der Waals surface area contributed by atoms with Gasteiger partial charge in [-0.2, -0.15) is 0 Å². The maximum atomic E-state index is 11.9. The lowest BCUT2D eigenvalue weighted by molar-refractivity contribution is -0.129. The van der Waals surface area contributed by atoms with Crippen molar-refractivity contribution in [1.82, 2.24) is 14.9 Å². The Morgan fingerprint density at radius 2 is 1.81 bits per heavy atom. The number of ether oxygens (including phenoxy) is 1. The summed E-state index contributed by atoms with van der Waals surface area (Å²) in [5.41, 5.74) is 3.16. The van der Waals surface area contributed by atoms with E-state index >= 15 is 0 Å². The van der Waals surface area contributed by atoms with Gasteiger partial charge in [-0.3, -0.25) is 4.79 Å². The molecule has 2 aliphatic rings. The van der Waals surface area contributed by atoms with Crippen LogP contribution in [-0.4, -0.2) is 52.6 Å². The van der Waals surface area contributed by atoms with Crippen molar-refractivity contribution in [2.75, 3.05) is 24.5 Å². The van der Waals surface area contributed by atoms with Crippen LogP contribution in [0, 0.1) is 0 Å². The topological polar surface area (TPSA) is 58.6 Å². The van der Waals surface area contributed by atoms with Gasteiger partial charge in [-0.25, -0.2) is 9.97 Å². The SMILES string of the molecule is CC(=O)N1CCc2nc(-c3ccccc3)nc(N3C[C@@H](C)O[C@@H](C)C3)c2C1. The minimum absolute atomic E-state index is 0.0995. The summed E-state index contributed by atoms with van der Waals surface area (Å²) in [7, 11) is 0. The number of anilines is 1. The first-order valence-corrected chi connectivity index (χ1v) is 9.62. The van der Waals surface area contributed by atoms with E-state index in [1.165, 1.54) is 0 Å². The number of benzene rings is 1.